The summed E-state index contributed by atoms with van der Waals surface area (Å²) < 4.78 is 10.5. The fourth-order valence-corrected chi connectivity index (χ4v) is 2.38. The van der Waals surface area contributed by atoms with Gasteiger partial charge in [-0.15, -0.1) is 0 Å². The largest absolute Gasteiger partial charge is 0.493 e. The molecule has 0 fully saturated rings. The highest BCUT2D eigenvalue weighted by molar-refractivity contribution is 5.67. The van der Waals surface area contributed by atoms with Gasteiger partial charge in [-0.2, -0.15) is 0 Å². The van der Waals surface area contributed by atoms with E-state index in [2.05, 4.69) is 22.3 Å². The first-order chi connectivity index (χ1) is 11.5. The Labute approximate surface area is 143 Å². The third-order valence-corrected chi connectivity index (χ3v) is 3.54. The monoisotopic (exact) mass is 327 g/mol. The molecule has 0 bridgehead atoms. The number of nitrogens with two attached hydrogens (primary N) is 1. The van der Waals surface area contributed by atoms with Crippen LogP contribution in [0.15, 0.2) is 48.7 Å². The molecule has 0 aliphatic carbocycles. The topological polar surface area (TPSA) is 59.8 Å². The van der Waals surface area contributed by atoms with Crippen molar-refractivity contribution in [3.05, 3.63) is 59.8 Å². The molecule has 0 radical (unpaired) electrons. The quantitative estimate of drug-likeness (QED) is 0.818. The highest BCUT2D eigenvalue weighted by Gasteiger charge is 2.04. The van der Waals surface area contributed by atoms with Crippen LogP contribution in [0.1, 0.15) is 11.1 Å². The lowest BCUT2D eigenvalue weighted by Crippen LogP contribution is -2.11. The van der Waals surface area contributed by atoms with E-state index in [9.17, 15) is 0 Å². The second-order valence-corrected chi connectivity index (χ2v) is 5.75. The maximum atomic E-state index is 6.20. The summed E-state index contributed by atoms with van der Waals surface area (Å²) in [6.07, 6.45) is 1.79. The highest BCUT2D eigenvalue weighted by atomic mass is 16.5. The Kier molecular flexibility index (Phi) is 6.09. The van der Waals surface area contributed by atoms with Gasteiger partial charge in [-0.3, -0.25) is 0 Å². The Hall–Kier alpha value is -2.66. The molecule has 2 aromatic carbocycles. The third-order valence-electron chi connectivity index (χ3n) is 3.54. The minimum Gasteiger partial charge on any atom is -0.493 e. The first-order valence-electron chi connectivity index (χ1n) is 7.71. The molecule has 0 amide bonds. The van der Waals surface area contributed by atoms with Crippen molar-refractivity contribution in [2.75, 3.05) is 33.6 Å². The van der Waals surface area contributed by atoms with Crippen molar-refractivity contribution in [3.63, 3.8) is 0 Å². The molecule has 5 nitrogen and oxygen atoms in total. The third kappa shape index (κ3) is 4.67. The van der Waals surface area contributed by atoms with Crippen LogP contribution in [0.25, 0.3) is 5.70 Å². The second-order valence-electron chi connectivity index (χ2n) is 5.75. The molecule has 24 heavy (non-hydrogen) atoms. The number of anilines is 1. The van der Waals surface area contributed by atoms with Crippen LogP contribution >= 0.6 is 0 Å². The van der Waals surface area contributed by atoms with E-state index in [0.717, 1.165) is 17.8 Å². The van der Waals surface area contributed by atoms with Crippen LogP contribution in [0.5, 0.6) is 11.5 Å². The van der Waals surface area contributed by atoms with Gasteiger partial charge in [0, 0.05) is 24.5 Å². The van der Waals surface area contributed by atoms with Gasteiger partial charge in [0.05, 0.1) is 19.9 Å². The second kappa shape index (κ2) is 8.26. The zero-order valence-electron chi connectivity index (χ0n) is 14.7. The van der Waals surface area contributed by atoms with E-state index in [1.807, 2.05) is 44.4 Å². The fourth-order valence-electron chi connectivity index (χ4n) is 2.38. The smallest absolute Gasteiger partial charge is 0.162 e. The van der Waals surface area contributed by atoms with Crippen molar-refractivity contribution in [1.29, 1.82) is 0 Å². The average Bonchev–Trinajstić information content (AvgIpc) is 2.59. The van der Waals surface area contributed by atoms with E-state index >= 15 is 0 Å². The summed E-state index contributed by atoms with van der Waals surface area (Å²) in [6.45, 7) is 0.879. The number of rotatable bonds is 7. The van der Waals surface area contributed by atoms with Gasteiger partial charge in [-0.05, 0) is 43.4 Å². The van der Waals surface area contributed by atoms with Crippen LogP contribution < -0.4 is 20.5 Å². The average molecular weight is 327 g/mol. The molecule has 0 atom stereocenters. The van der Waals surface area contributed by atoms with Gasteiger partial charge in [0.15, 0.2) is 11.5 Å². The van der Waals surface area contributed by atoms with Crippen molar-refractivity contribution in [2.45, 2.75) is 6.54 Å². The van der Waals surface area contributed by atoms with Gasteiger partial charge in [0.25, 0.3) is 0 Å². The van der Waals surface area contributed by atoms with Crippen LogP contribution in [0.4, 0.5) is 5.69 Å². The van der Waals surface area contributed by atoms with E-state index in [1.165, 1.54) is 5.56 Å². The summed E-state index contributed by atoms with van der Waals surface area (Å²) in [7, 11) is 7.32. The number of methoxy groups -OCH3 is 2. The Morgan fingerprint density at radius 3 is 2.50 bits per heavy atom. The predicted octanol–water partition coefficient (Wildman–Crippen LogP) is 3.13. The maximum Gasteiger partial charge on any atom is 0.162 e. The summed E-state index contributed by atoms with van der Waals surface area (Å²) in [5.41, 5.74) is 9.96. The standard InChI is InChI=1S/C19H25N3O2/c1-22(2)13-14-6-5-7-15(10-14)17(20)12-21-16-8-9-18(23-3)19(11-16)24-4/h5-12,21H,13,20H2,1-4H3/b17-12-. The van der Waals surface area contributed by atoms with Crippen LogP contribution in [0.3, 0.4) is 0 Å². The van der Waals surface area contributed by atoms with Crippen LogP contribution in [-0.4, -0.2) is 33.2 Å². The molecule has 0 saturated heterocycles. The number of nitrogens with one attached hydrogen (secondary N) is 1. The van der Waals surface area contributed by atoms with Gasteiger partial charge in [-0.25, -0.2) is 0 Å². The van der Waals surface area contributed by atoms with Gasteiger partial charge in [0.2, 0.25) is 0 Å². The Bertz CT molecular complexity index is 712. The molecule has 3 N–H and O–H groups in total. The molecule has 0 aliphatic rings. The predicted molar refractivity (Wildman–Crippen MR) is 99.2 cm³/mol. The number of hydrogen-bond acceptors (Lipinski definition) is 5. The molecule has 0 unspecified atom stereocenters. The highest BCUT2D eigenvalue weighted by Crippen LogP contribution is 2.29. The normalized spacial score (nSPS) is 11.5. The summed E-state index contributed by atoms with van der Waals surface area (Å²) >= 11 is 0. The fraction of sp³-hybridized carbons (Fsp3) is 0.263. The van der Waals surface area contributed by atoms with E-state index in [1.54, 1.807) is 20.4 Å². The molecular weight excluding hydrogens is 302 g/mol. The molecule has 0 saturated carbocycles. The molecule has 2 aromatic rings. The number of nitrogens with zero attached hydrogens (tertiary/aromatic N) is 1. The maximum absolute atomic E-state index is 6.20. The van der Waals surface area contributed by atoms with Crippen molar-refractivity contribution >= 4 is 11.4 Å². The van der Waals surface area contributed by atoms with E-state index < -0.39 is 0 Å². The molecule has 128 valence electrons. The minimum absolute atomic E-state index is 0.669. The van der Waals surface area contributed by atoms with Crippen molar-refractivity contribution in [1.82, 2.24) is 4.90 Å². The van der Waals surface area contributed by atoms with Gasteiger partial charge in [-0.1, -0.05) is 18.2 Å². The molecule has 0 spiro atoms. The van der Waals surface area contributed by atoms with Crippen LogP contribution in [0.2, 0.25) is 0 Å². The molecule has 0 heterocycles. The Morgan fingerprint density at radius 1 is 1.08 bits per heavy atom. The van der Waals surface area contributed by atoms with E-state index in [4.69, 9.17) is 15.2 Å². The van der Waals surface area contributed by atoms with Crippen molar-refractivity contribution < 1.29 is 9.47 Å². The molecule has 0 aliphatic heterocycles. The lowest BCUT2D eigenvalue weighted by molar-refractivity contribution is 0.355. The molecule has 2 rings (SSSR count). The zero-order valence-corrected chi connectivity index (χ0v) is 14.7. The number of hydrogen-bond donors (Lipinski definition) is 2. The van der Waals surface area contributed by atoms with E-state index in [0.29, 0.717) is 17.2 Å². The summed E-state index contributed by atoms with van der Waals surface area (Å²) in [4.78, 5) is 2.13. The van der Waals surface area contributed by atoms with Crippen molar-refractivity contribution in [3.8, 4) is 11.5 Å². The summed E-state index contributed by atoms with van der Waals surface area (Å²) in [5.74, 6) is 1.36. The lowest BCUT2D eigenvalue weighted by Gasteiger charge is -2.12. The Morgan fingerprint density at radius 2 is 1.83 bits per heavy atom. The van der Waals surface area contributed by atoms with Crippen LogP contribution in [0, 0.1) is 0 Å². The molecule has 0 aromatic heterocycles. The number of benzene rings is 2. The summed E-state index contributed by atoms with van der Waals surface area (Å²) in [6, 6.07) is 13.8. The van der Waals surface area contributed by atoms with Crippen LogP contribution in [-0.2, 0) is 6.54 Å². The van der Waals surface area contributed by atoms with Gasteiger partial charge >= 0.3 is 0 Å². The van der Waals surface area contributed by atoms with Crippen molar-refractivity contribution in [2.24, 2.45) is 5.73 Å². The first-order valence-corrected chi connectivity index (χ1v) is 7.71. The summed E-state index contributed by atoms with van der Waals surface area (Å²) in [5, 5.41) is 3.20. The SMILES string of the molecule is COc1ccc(N/C=C(\N)c2cccc(CN(C)C)c2)cc1OC. The lowest BCUT2D eigenvalue weighted by atomic mass is 10.1. The van der Waals surface area contributed by atoms with Gasteiger partial charge < -0.3 is 25.4 Å². The first kappa shape index (κ1) is 17.7. The minimum atomic E-state index is 0.669. The zero-order chi connectivity index (χ0) is 17.5. The van der Waals surface area contributed by atoms with Gasteiger partial charge in [0.1, 0.15) is 0 Å². The number of ether oxygens (including phenoxy) is 2. The van der Waals surface area contributed by atoms with E-state index in [-0.39, 0.29) is 0 Å². The molecule has 5 heteroatoms. The molecular formula is C19H25N3O2. The Balaban J connectivity index is 2.14.